The van der Waals surface area contributed by atoms with Gasteiger partial charge in [-0.15, -0.1) is 0 Å². The molecule has 0 aliphatic carbocycles. The molecule has 0 spiro atoms. The Kier molecular flexibility index (Phi) is 5.02. The minimum atomic E-state index is -0.452. The lowest BCUT2D eigenvalue weighted by Crippen LogP contribution is -2.41. The Morgan fingerprint density at radius 3 is 2.20 bits per heavy atom. The Labute approximate surface area is 159 Å². The van der Waals surface area contributed by atoms with Crippen molar-refractivity contribution in [2.24, 2.45) is 0 Å². The van der Waals surface area contributed by atoms with Crippen LogP contribution in [0.5, 0.6) is 5.75 Å². The third-order valence-corrected chi connectivity index (χ3v) is 5.54. The maximum atomic E-state index is 6.23. The van der Waals surface area contributed by atoms with Crippen molar-refractivity contribution in [3.05, 3.63) is 58.1 Å². The first kappa shape index (κ1) is 18.5. The second-order valence-electron chi connectivity index (χ2n) is 7.53. The van der Waals surface area contributed by atoms with Crippen LogP contribution in [0.3, 0.4) is 0 Å². The molecule has 1 aliphatic rings. The molecule has 0 radical (unpaired) electrons. The van der Waals surface area contributed by atoms with Gasteiger partial charge in [-0.25, -0.2) is 0 Å². The van der Waals surface area contributed by atoms with Crippen molar-refractivity contribution in [3.63, 3.8) is 0 Å². The van der Waals surface area contributed by atoms with Gasteiger partial charge < -0.3 is 14.0 Å². The van der Waals surface area contributed by atoms with Gasteiger partial charge in [-0.05, 0) is 62.2 Å². The molecule has 1 aliphatic heterocycles. The fraction of sp³-hybridized carbons (Fsp3) is 0.400. The van der Waals surface area contributed by atoms with Gasteiger partial charge in [0.05, 0.1) is 15.7 Å². The third-order valence-electron chi connectivity index (χ3n) is 4.95. The molecule has 0 amide bonds. The normalized spacial score (nSPS) is 18.4. The number of hydrogen-bond acceptors (Lipinski definition) is 3. The van der Waals surface area contributed by atoms with E-state index in [0.717, 1.165) is 26.8 Å². The molecule has 0 unspecified atom stereocenters. The number of rotatable bonds is 4. The van der Waals surface area contributed by atoms with Gasteiger partial charge in [-0.1, -0.05) is 42.0 Å². The minimum absolute atomic E-state index is 0.384. The average molecular weight is 403 g/mol. The molecule has 0 saturated carbocycles. The van der Waals surface area contributed by atoms with Crippen molar-refractivity contribution in [1.82, 2.24) is 0 Å². The van der Waals surface area contributed by atoms with Crippen molar-refractivity contribution in [3.8, 4) is 5.75 Å². The van der Waals surface area contributed by atoms with Gasteiger partial charge in [0.2, 0.25) is 0 Å². The summed E-state index contributed by atoms with van der Waals surface area (Å²) < 4.78 is 19.5. The van der Waals surface area contributed by atoms with E-state index in [0.29, 0.717) is 6.61 Å². The van der Waals surface area contributed by atoms with Crippen LogP contribution in [0.25, 0.3) is 0 Å². The molecule has 1 heterocycles. The molecular formula is C20H24BBrO3. The highest BCUT2D eigenvalue weighted by Gasteiger charge is 2.52. The molecule has 25 heavy (non-hydrogen) atoms. The fourth-order valence-electron chi connectivity index (χ4n) is 2.78. The molecular weight excluding hydrogens is 379 g/mol. The summed E-state index contributed by atoms with van der Waals surface area (Å²) in [5, 5.41) is 0. The minimum Gasteiger partial charge on any atom is -0.488 e. The van der Waals surface area contributed by atoms with Crippen LogP contribution in [0.4, 0.5) is 0 Å². The van der Waals surface area contributed by atoms with Crippen LogP contribution < -0.4 is 10.2 Å². The van der Waals surface area contributed by atoms with E-state index in [2.05, 4.69) is 74.8 Å². The summed E-state index contributed by atoms with van der Waals surface area (Å²) in [6.45, 7) is 10.8. The maximum absolute atomic E-state index is 6.23. The molecule has 1 saturated heterocycles. The second-order valence-corrected chi connectivity index (χ2v) is 8.38. The molecule has 0 bridgehead atoms. The molecule has 3 nitrogen and oxygen atoms in total. The van der Waals surface area contributed by atoms with E-state index >= 15 is 0 Å². The van der Waals surface area contributed by atoms with Crippen LogP contribution in [0.1, 0.15) is 38.8 Å². The van der Waals surface area contributed by atoms with Crippen molar-refractivity contribution < 1.29 is 14.0 Å². The first-order valence-corrected chi connectivity index (χ1v) is 9.31. The molecule has 2 aromatic carbocycles. The highest BCUT2D eigenvalue weighted by atomic mass is 79.9. The smallest absolute Gasteiger partial charge is 0.488 e. The lowest BCUT2D eigenvalue weighted by Gasteiger charge is -2.32. The second kappa shape index (κ2) is 6.78. The summed E-state index contributed by atoms with van der Waals surface area (Å²) in [6.07, 6.45) is 0. The highest BCUT2D eigenvalue weighted by molar-refractivity contribution is 9.10. The lowest BCUT2D eigenvalue weighted by atomic mass is 9.77. The topological polar surface area (TPSA) is 27.7 Å². The predicted octanol–water partition coefficient (Wildman–Crippen LogP) is 4.64. The van der Waals surface area contributed by atoms with Crippen molar-refractivity contribution in [2.75, 3.05) is 0 Å². The average Bonchev–Trinajstić information content (AvgIpc) is 2.75. The summed E-state index contributed by atoms with van der Waals surface area (Å²) in [4.78, 5) is 0. The number of ether oxygens (including phenoxy) is 1. The maximum Gasteiger partial charge on any atom is 0.498 e. The quantitative estimate of drug-likeness (QED) is 0.697. The van der Waals surface area contributed by atoms with E-state index in [1.807, 2.05) is 18.2 Å². The van der Waals surface area contributed by atoms with E-state index in [9.17, 15) is 0 Å². The zero-order chi connectivity index (χ0) is 18.2. The molecule has 5 heteroatoms. The number of benzene rings is 2. The standard InChI is InChI=1S/C20H24BBrO3/c1-14-11-16(21-24-19(2,3)20(4,5)25-21)18(17(22)12-14)23-13-15-9-7-6-8-10-15/h6-12H,13H2,1-5H3. The largest absolute Gasteiger partial charge is 0.498 e. The Bertz CT molecular complexity index is 743. The van der Waals surface area contributed by atoms with Crippen molar-refractivity contribution in [1.29, 1.82) is 0 Å². The molecule has 132 valence electrons. The summed E-state index contributed by atoms with van der Waals surface area (Å²) in [7, 11) is -0.452. The van der Waals surface area contributed by atoms with Gasteiger partial charge in [0.15, 0.2) is 0 Å². The van der Waals surface area contributed by atoms with Crippen LogP contribution in [0.15, 0.2) is 46.9 Å². The predicted molar refractivity (Wildman–Crippen MR) is 105 cm³/mol. The van der Waals surface area contributed by atoms with E-state index in [1.165, 1.54) is 0 Å². The Morgan fingerprint density at radius 2 is 1.60 bits per heavy atom. The van der Waals surface area contributed by atoms with Gasteiger partial charge in [0.1, 0.15) is 12.4 Å². The van der Waals surface area contributed by atoms with E-state index in [-0.39, 0.29) is 11.2 Å². The number of halogens is 1. The summed E-state index contributed by atoms with van der Waals surface area (Å²) >= 11 is 3.64. The van der Waals surface area contributed by atoms with Gasteiger partial charge >= 0.3 is 7.12 Å². The molecule has 0 N–H and O–H groups in total. The summed E-state index contributed by atoms with van der Waals surface area (Å²) in [5.74, 6) is 0.771. The highest BCUT2D eigenvalue weighted by Crippen LogP contribution is 2.38. The van der Waals surface area contributed by atoms with Gasteiger partial charge in [0, 0.05) is 5.46 Å². The van der Waals surface area contributed by atoms with Gasteiger partial charge in [0.25, 0.3) is 0 Å². The molecule has 0 aromatic heterocycles. The van der Waals surface area contributed by atoms with Crippen LogP contribution in [0.2, 0.25) is 0 Å². The molecule has 1 fully saturated rings. The summed E-state index contributed by atoms with van der Waals surface area (Å²) in [6, 6.07) is 14.3. The third kappa shape index (κ3) is 3.79. The monoisotopic (exact) mass is 402 g/mol. The SMILES string of the molecule is Cc1cc(Br)c(OCc2ccccc2)c(B2OC(C)(C)C(C)(C)O2)c1. The molecule has 2 aromatic rings. The number of aryl methyl sites for hydroxylation is 1. The van der Waals surface area contributed by atoms with Crippen molar-refractivity contribution in [2.45, 2.75) is 52.4 Å². The van der Waals surface area contributed by atoms with Crippen LogP contribution in [0, 0.1) is 6.92 Å². The molecule has 3 rings (SSSR count). The lowest BCUT2D eigenvalue weighted by molar-refractivity contribution is 0.00578. The first-order valence-electron chi connectivity index (χ1n) is 8.52. The van der Waals surface area contributed by atoms with Gasteiger partial charge in [-0.3, -0.25) is 0 Å². The Hall–Kier alpha value is -1.30. The van der Waals surface area contributed by atoms with Crippen LogP contribution in [-0.2, 0) is 15.9 Å². The Morgan fingerprint density at radius 1 is 1.00 bits per heavy atom. The zero-order valence-corrected chi connectivity index (χ0v) is 17.0. The van der Waals surface area contributed by atoms with Crippen LogP contribution >= 0.6 is 15.9 Å². The van der Waals surface area contributed by atoms with Crippen molar-refractivity contribution >= 4 is 28.5 Å². The van der Waals surface area contributed by atoms with E-state index in [4.69, 9.17) is 14.0 Å². The molecule has 0 atom stereocenters. The van der Waals surface area contributed by atoms with E-state index < -0.39 is 7.12 Å². The van der Waals surface area contributed by atoms with Crippen LogP contribution in [-0.4, -0.2) is 18.3 Å². The summed E-state index contributed by atoms with van der Waals surface area (Å²) in [5.41, 5.74) is 2.40. The van der Waals surface area contributed by atoms with E-state index in [1.54, 1.807) is 0 Å². The zero-order valence-electron chi connectivity index (χ0n) is 15.4. The fourth-order valence-corrected chi connectivity index (χ4v) is 3.49. The van der Waals surface area contributed by atoms with Gasteiger partial charge in [-0.2, -0.15) is 0 Å². The number of hydrogen-bond donors (Lipinski definition) is 0. The Balaban J connectivity index is 1.91. The first-order chi connectivity index (χ1) is 11.7.